The molecule has 0 radical (unpaired) electrons. The second kappa shape index (κ2) is 6.10. The second-order valence-corrected chi connectivity index (χ2v) is 6.24. The van der Waals surface area contributed by atoms with Gasteiger partial charge in [0.25, 0.3) is 0 Å². The van der Waals surface area contributed by atoms with Gasteiger partial charge in [-0.05, 0) is 46.9 Å². The molecule has 0 unspecified atom stereocenters. The number of carbonyl (C=O) groups is 1. The van der Waals surface area contributed by atoms with Crippen molar-refractivity contribution >= 4 is 5.78 Å². The summed E-state index contributed by atoms with van der Waals surface area (Å²) >= 11 is 0. The zero-order valence-corrected chi connectivity index (χ0v) is 13.4. The fourth-order valence-electron chi connectivity index (χ4n) is 3.02. The summed E-state index contributed by atoms with van der Waals surface area (Å²) in [6, 6.07) is 2.69. The summed E-state index contributed by atoms with van der Waals surface area (Å²) in [4.78, 5) is 17.0. The summed E-state index contributed by atoms with van der Waals surface area (Å²) in [6.07, 6.45) is 2.32. The number of aromatic nitrogens is 1. The highest BCUT2D eigenvalue weighted by Gasteiger charge is 2.23. The zero-order valence-electron chi connectivity index (χ0n) is 13.4. The van der Waals surface area contributed by atoms with E-state index in [1.54, 1.807) is 0 Å². The lowest BCUT2D eigenvalue weighted by Gasteiger charge is -2.34. The molecule has 1 aromatic rings. The van der Waals surface area contributed by atoms with Crippen LogP contribution in [0.25, 0.3) is 0 Å². The maximum Gasteiger partial charge on any atom is 0.178 e. The quantitative estimate of drug-likeness (QED) is 0.786. The summed E-state index contributed by atoms with van der Waals surface area (Å²) < 4.78 is 2.09. The maximum atomic E-state index is 12.4. The van der Waals surface area contributed by atoms with Gasteiger partial charge in [0.1, 0.15) is 0 Å². The van der Waals surface area contributed by atoms with Gasteiger partial charge in [-0.3, -0.25) is 9.69 Å². The fourth-order valence-corrected chi connectivity index (χ4v) is 3.02. The third-order valence-electron chi connectivity index (χ3n) is 4.73. The van der Waals surface area contributed by atoms with Crippen LogP contribution in [0, 0.1) is 13.8 Å². The molecular weight excluding hydrogens is 250 g/mol. The number of hydrogen-bond donors (Lipinski definition) is 0. The molecule has 0 spiro atoms. The van der Waals surface area contributed by atoms with Gasteiger partial charge < -0.3 is 9.47 Å². The van der Waals surface area contributed by atoms with Gasteiger partial charge in [0, 0.05) is 43.1 Å². The summed E-state index contributed by atoms with van der Waals surface area (Å²) in [5, 5.41) is 0. The van der Waals surface area contributed by atoms with Gasteiger partial charge in [-0.1, -0.05) is 0 Å². The molecule has 4 nitrogen and oxygen atoms in total. The van der Waals surface area contributed by atoms with Crippen LogP contribution in [0.3, 0.4) is 0 Å². The van der Waals surface area contributed by atoms with E-state index in [1.165, 1.54) is 0 Å². The Kier molecular flexibility index (Phi) is 4.66. The summed E-state index contributed by atoms with van der Waals surface area (Å²) in [5.41, 5.74) is 3.12. The number of aryl methyl sites for hydroxylation is 1. The van der Waals surface area contributed by atoms with Crippen LogP contribution < -0.4 is 0 Å². The molecule has 112 valence electrons. The van der Waals surface area contributed by atoms with Crippen molar-refractivity contribution < 1.29 is 4.79 Å². The lowest BCUT2D eigenvalue weighted by atomic mass is 10.0. The van der Waals surface area contributed by atoms with Crippen molar-refractivity contribution in [3.63, 3.8) is 0 Å². The van der Waals surface area contributed by atoms with E-state index in [-0.39, 0.29) is 5.78 Å². The summed E-state index contributed by atoms with van der Waals surface area (Å²) in [5.74, 6) is 0.259. The highest BCUT2D eigenvalue weighted by Crippen LogP contribution is 2.17. The third kappa shape index (κ3) is 3.13. The van der Waals surface area contributed by atoms with E-state index in [9.17, 15) is 4.79 Å². The van der Waals surface area contributed by atoms with Crippen molar-refractivity contribution in [2.45, 2.75) is 32.7 Å². The molecule has 1 aliphatic rings. The van der Waals surface area contributed by atoms with Crippen LogP contribution in [0.1, 0.15) is 34.6 Å². The Morgan fingerprint density at radius 3 is 2.35 bits per heavy atom. The molecule has 0 atom stereocenters. The SMILES string of the molecule is Cc1cc(C(=O)CN2CCC(N(C)C)CC2)c(C)n1C. The molecule has 1 aliphatic heterocycles. The first kappa shape index (κ1) is 15.3. The van der Waals surface area contributed by atoms with E-state index < -0.39 is 0 Å². The van der Waals surface area contributed by atoms with Crippen molar-refractivity contribution in [2.75, 3.05) is 33.7 Å². The predicted molar refractivity (Wildman–Crippen MR) is 82.4 cm³/mol. The van der Waals surface area contributed by atoms with Crippen molar-refractivity contribution in [3.8, 4) is 0 Å². The number of likely N-dealkylation sites (tertiary alicyclic amines) is 1. The Morgan fingerprint density at radius 2 is 1.90 bits per heavy atom. The first-order valence-electron chi connectivity index (χ1n) is 7.45. The van der Waals surface area contributed by atoms with Crippen LogP contribution in [-0.2, 0) is 7.05 Å². The van der Waals surface area contributed by atoms with Crippen LogP contribution in [-0.4, -0.2) is 59.9 Å². The third-order valence-corrected chi connectivity index (χ3v) is 4.73. The van der Waals surface area contributed by atoms with E-state index in [1.807, 2.05) is 27.0 Å². The Bertz CT molecular complexity index is 482. The molecule has 0 saturated carbocycles. The number of nitrogens with zero attached hydrogens (tertiary/aromatic N) is 3. The van der Waals surface area contributed by atoms with Crippen molar-refractivity contribution in [1.29, 1.82) is 0 Å². The molecule has 2 rings (SSSR count). The van der Waals surface area contributed by atoms with Crippen molar-refractivity contribution in [3.05, 3.63) is 23.0 Å². The number of rotatable bonds is 4. The number of hydrogen-bond acceptors (Lipinski definition) is 3. The lowest BCUT2D eigenvalue weighted by Crippen LogP contribution is -2.43. The maximum absolute atomic E-state index is 12.4. The van der Waals surface area contributed by atoms with Crippen molar-refractivity contribution in [1.82, 2.24) is 14.4 Å². The molecule has 1 aromatic heterocycles. The van der Waals surface area contributed by atoms with Crippen LogP contribution in [0.4, 0.5) is 0 Å². The van der Waals surface area contributed by atoms with Crippen LogP contribution in [0.15, 0.2) is 6.07 Å². The van der Waals surface area contributed by atoms with Gasteiger partial charge in [0.05, 0.1) is 6.54 Å². The first-order chi connectivity index (χ1) is 9.40. The minimum Gasteiger partial charge on any atom is -0.351 e. The van der Waals surface area contributed by atoms with Gasteiger partial charge in [0.2, 0.25) is 0 Å². The summed E-state index contributed by atoms with van der Waals surface area (Å²) in [6.45, 7) is 6.69. The minimum atomic E-state index is 0.259. The Hall–Kier alpha value is -1.13. The Morgan fingerprint density at radius 1 is 1.30 bits per heavy atom. The van der Waals surface area contributed by atoms with E-state index in [4.69, 9.17) is 0 Å². The minimum absolute atomic E-state index is 0.259. The molecule has 0 amide bonds. The van der Waals surface area contributed by atoms with E-state index in [2.05, 4.69) is 28.5 Å². The molecule has 20 heavy (non-hydrogen) atoms. The van der Waals surface area contributed by atoms with E-state index in [0.29, 0.717) is 12.6 Å². The first-order valence-corrected chi connectivity index (χ1v) is 7.45. The number of Topliss-reactive ketones (excluding diaryl/α,β-unsaturated/α-hetero) is 1. The van der Waals surface area contributed by atoms with Crippen molar-refractivity contribution in [2.24, 2.45) is 7.05 Å². The molecule has 4 heteroatoms. The largest absolute Gasteiger partial charge is 0.351 e. The average Bonchev–Trinajstić information content (AvgIpc) is 2.67. The molecule has 0 aliphatic carbocycles. The number of carbonyl (C=O) groups excluding carboxylic acids is 1. The molecule has 0 aromatic carbocycles. The fraction of sp³-hybridized carbons (Fsp3) is 0.688. The second-order valence-electron chi connectivity index (χ2n) is 6.24. The predicted octanol–water partition coefficient (Wildman–Crippen LogP) is 1.85. The van der Waals surface area contributed by atoms with E-state index >= 15 is 0 Å². The Labute approximate surface area is 122 Å². The number of ketones is 1. The normalized spacial score (nSPS) is 17.9. The van der Waals surface area contributed by atoms with Crippen LogP contribution in [0.5, 0.6) is 0 Å². The van der Waals surface area contributed by atoms with Gasteiger partial charge in [-0.25, -0.2) is 0 Å². The van der Waals surface area contributed by atoms with Crippen LogP contribution >= 0.6 is 0 Å². The van der Waals surface area contributed by atoms with Gasteiger partial charge in [-0.15, -0.1) is 0 Å². The van der Waals surface area contributed by atoms with E-state index in [0.717, 1.165) is 42.9 Å². The summed E-state index contributed by atoms with van der Waals surface area (Å²) in [7, 11) is 6.30. The monoisotopic (exact) mass is 277 g/mol. The van der Waals surface area contributed by atoms with Gasteiger partial charge >= 0.3 is 0 Å². The van der Waals surface area contributed by atoms with Gasteiger partial charge in [0.15, 0.2) is 5.78 Å². The highest BCUT2D eigenvalue weighted by molar-refractivity contribution is 5.99. The molecule has 0 N–H and O–H groups in total. The smallest absolute Gasteiger partial charge is 0.178 e. The number of piperidine rings is 1. The molecule has 0 bridgehead atoms. The van der Waals surface area contributed by atoms with Gasteiger partial charge in [-0.2, -0.15) is 0 Å². The Balaban J connectivity index is 1.94. The molecule has 1 saturated heterocycles. The average molecular weight is 277 g/mol. The molecular formula is C16H27N3O. The van der Waals surface area contributed by atoms with Crippen LogP contribution in [0.2, 0.25) is 0 Å². The highest BCUT2D eigenvalue weighted by atomic mass is 16.1. The topological polar surface area (TPSA) is 28.5 Å². The molecule has 2 heterocycles. The molecule has 1 fully saturated rings. The lowest BCUT2D eigenvalue weighted by molar-refractivity contribution is 0.0873. The standard InChI is InChI=1S/C16H27N3O/c1-12-10-15(13(2)18(12)5)16(20)11-19-8-6-14(7-9-19)17(3)4/h10,14H,6-9,11H2,1-5H3. The zero-order chi connectivity index (χ0) is 14.9.